The van der Waals surface area contributed by atoms with Crippen LogP contribution in [0.1, 0.15) is 16.8 Å². The Morgan fingerprint density at radius 1 is 1.48 bits per heavy atom. The number of nitrogens with one attached hydrogen (secondary N) is 1. The molecule has 21 heavy (non-hydrogen) atoms. The lowest BCUT2D eigenvalue weighted by Crippen LogP contribution is -2.57. The van der Waals surface area contributed by atoms with Gasteiger partial charge in [-0.15, -0.1) is 0 Å². The number of carbonyl (C=O) groups excluding carboxylic acids is 3. The molecule has 1 N–H and O–H groups in total. The summed E-state index contributed by atoms with van der Waals surface area (Å²) in [5, 5.41) is 2.66. The lowest BCUT2D eigenvalue weighted by Gasteiger charge is -2.34. The number of methoxy groups -OCH3 is 1. The van der Waals surface area contributed by atoms with Gasteiger partial charge in [-0.2, -0.15) is 0 Å². The van der Waals surface area contributed by atoms with E-state index in [2.05, 4.69) is 26.0 Å². The zero-order chi connectivity index (χ0) is 15.4. The zero-order valence-electron chi connectivity index (χ0n) is 11.5. The molecule has 1 aromatic rings. The van der Waals surface area contributed by atoms with Crippen molar-refractivity contribution in [3.05, 3.63) is 34.3 Å². The van der Waals surface area contributed by atoms with Crippen LogP contribution in [0.25, 0.3) is 0 Å². The van der Waals surface area contributed by atoms with Gasteiger partial charge in [0.05, 0.1) is 13.5 Å². The second-order valence-corrected chi connectivity index (χ2v) is 5.51. The maximum absolute atomic E-state index is 12.6. The van der Waals surface area contributed by atoms with Crippen LogP contribution in [-0.4, -0.2) is 48.9 Å². The molecule has 1 aliphatic heterocycles. The van der Waals surface area contributed by atoms with E-state index in [0.29, 0.717) is 18.7 Å². The van der Waals surface area contributed by atoms with Gasteiger partial charge >= 0.3 is 5.97 Å². The molecule has 1 heterocycles. The molecule has 7 heteroatoms. The number of nitrogens with zero attached hydrogens (tertiary/aromatic N) is 1. The minimum absolute atomic E-state index is 0.151. The van der Waals surface area contributed by atoms with E-state index in [4.69, 9.17) is 0 Å². The van der Waals surface area contributed by atoms with Crippen molar-refractivity contribution < 1.29 is 19.1 Å². The molecule has 1 aliphatic rings. The number of piperazine rings is 1. The van der Waals surface area contributed by atoms with Gasteiger partial charge in [0.2, 0.25) is 5.91 Å². The Morgan fingerprint density at radius 2 is 2.24 bits per heavy atom. The van der Waals surface area contributed by atoms with E-state index in [0.717, 1.165) is 4.47 Å². The summed E-state index contributed by atoms with van der Waals surface area (Å²) in [5.74, 6) is -1.14. The topological polar surface area (TPSA) is 75.7 Å². The Bertz CT molecular complexity index is 576. The van der Waals surface area contributed by atoms with Crippen molar-refractivity contribution in [3.8, 4) is 0 Å². The fourth-order valence-electron chi connectivity index (χ4n) is 2.19. The number of amides is 2. The van der Waals surface area contributed by atoms with Crippen molar-refractivity contribution in [3.63, 3.8) is 0 Å². The van der Waals surface area contributed by atoms with Crippen molar-refractivity contribution in [2.24, 2.45) is 0 Å². The van der Waals surface area contributed by atoms with Crippen LogP contribution in [0, 0.1) is 0 Å². The number of ether oxygens (including phenoxy) is 1. The van der Waals surface area contributed by atoms with Gasteiger partial charge in [-0.3, -0.25) is 14.4 Å². The van der Waals surface area contributed by atoms with Crippen LogP contribution in [0.5, 0.6) is 0 Å². The summed E-state index contributed by atoms with van der Waals surface area (Å²) in [6, 6.07) is 6.08. The fraction of sp³-hybridized carbons (Fsp3) is 0.357. The molecule has 0 bridgehead atoms. The molecule has 0 aromatic heterocycles. The molecule has 1 fully saturated rings. The van der Waals surface area contributed by atoms with Crippen molar-refractivity contribution >= 4 is 33.7 Å². The average molecular weight is 355 g/mol. The van der Waals surface area contributed by atoms with Crippen LogP contribution in [0.4, 0.5) is 0 Å². The highest BCUT2D eigenvalue weighted by Gasteiger charge is 2.35. The Kier molecular flexibility index (Phi) is 4.95. The number of carbonyl (C=O) groups is 3. The summed E-state index contributed by atoms with van der Waals surface area (Å²) < 4.78 is 5.37. The normalized spacial score (nSPS) is 18.1. The number of hydrogen-bond acceptors (Lipinski definition) is 4. The van der Waals surface area contributed by atoms with Gasteiger partial charge in [0, 0.05) is 23.1 Å². The molecule has 0 aliphatic carbocycles. The van der Waals surface area contributed by atoms with E-state index in [1.807, 2.05) is 6.07 Å². The number of esters is 1. The molecule has 6 nitrogen and oxygen atoms in total. The van der Waals surface area contributed by atoms with Gasteiger partial charge in [-0.1, -0.05) is 22.0 Å². The Hall–Kier alpha value is -1.89. The first kappa shape index (κ1) is 15.5. The van der Waals surface area contributed by atoms with E-state index in [1.165, 1.54) is 12.0 Å². The van der Waals surface area contributed by atoms with Crippen molar-refractivity contribution in [1.82, 2.24) is 10.2 Å². The molecule has 1 saturated heterocycles. The van der Waals surface area contributed by atoms with Gasteiger partial charge in [0.25, 0.3) is 5.91 Å². The summed E-state index contributed by atoms with van der Waals surface area (Å²) in [7, 11) is 1.25. The summed E-state index contributed by atoms with van der Waals surface area (Å²) in [5.41, 5.74) is 0.467. The molecular weight excluding hydrogens is 340 g/mol. The molecule has 2 amide bonds. The van der Waals surface area contributed by atoms with Crippen LogP contribution in [0.15, 0.2) is 28.7 Å². The standard InChI is InChI=1S/C14H15BrN2O4/c1-21-12(18)8-11-13(19)16-5-6-17(11)14(20)9-3-2-4-10(15)7-9/h2-4,7,11H,5-6,8H2,1H3,(H,16,19). The fourth-order valence-corrected chi connectivity index (χ4v) is 2.59. The highest BCUT2D eigenvalue weighted by Crippen LogP contribution is 2.17. The van der Waals surface area contributed by atoms with Crippen LogP contribution in [0.2, 0.25) is 0 Å². The third kappa shape index (κ3) is 3.60. The Labute approximate surface area is 130 Å². The highest BCUT2D eigenvalue weighted by molar-refractivity contribution is 9.10. The minimum atomic E-state index is -0.835. The van der Waals surface area contributed by atoms with Crippen LogP contribution in [0.3, 0.4) is 0 Å². The van der Waals surface area contributed by atoms with E-state index in [1.54, 1.807) is 18.2 Å². The number of halogens is 1. The SMILES string of the molecule is COC(=O)CC1C(=O)NCCN1C(=O)c1cccc(Br)c1. The van der Waals surface area contributed by atoms with Crippen LogP contribution in [-0.2, 0) is 14.3 Å². The molecule has 1 unspecified atom stereocenters. The van der Waals surface area contributed by atoms with Crippen LogP contribution >= 0.6 is 15.9 Å². The quantitative estimate of drug-likeness (QED) is 0.820. The number of rotatable bonds is 3. The lowest BCUT2D eigenvalue weighted by molar-refractivity contribution is -0.145. The summed E-state index contributed by atoms with van der Waals surface area (Å²) >= 11 is 3.31. The predicted molar refractivity (Wildman–Crippen MR) is 78.6 cm³/mol. The minimum Gasteiger partial charge on any atom is -0.469 e. The van der Waals surface area contributed by atoms with Crippen molar-refractivity contribution in [2.45, 2.75) is 12.5 Å². The lowest BCUT2D eigenvalue weighted by atomic mass is 10.1. The first-order valence-electron chi connectivity index (χ1n) is 6.44. The van der Waals surface area contributed by atoms with Crippen molar-refractivity contribution in [1.29, 1.82) is 0 Å². The Balaban J connectivity index is 2.23. The summed E-state index contributed by atoms with van der Waals surface area (Å²) in [6.07, 6.45) is -0.151. The van der Waals surface area contributed by atoms with E-state index < -0.39 is 12.0 Å². The monoisotopic (exact) mass is 354 g/mol. The molecule has 2 rings (SSSR count). The molecular formula is C14H15BrN2O4. The third-order valence-corrected chi connectivity index (χ3v) is 3.74. The zero-order valence-corrected chi connectivity index (χ0v) is 13.1. The van der Waals surface area contributed by atoms with E-state index in [9.17, 15) is 14.4 Å². The van der Waals surface area contributed by atoms with Gasteiger partial charge < -0.3 is 15.0 Å². The van der Waals surface area contributed by atoms with Gasteiger partial charge in [-0.05, 0) is 18.2 Å². The Morgan fingerprint density at radius 3 is 2.90 bits per heavy atom. The van der Waals surface area contributed by atoms with Crippen molar-refractivity contribution in [2.75, 3.05) is 20.2 Å². The van der Waals surface area contributed by atoms with E-state index in [-0.39, 0.29) is 18.2 Å². The second-order valence-electron chi connectivity index (χ2n) is 4.60. The molecule has 112 valence electrons. The molecule has 0 saturated carbocycles. The van der Waals surface area contributed by atoms with Gasteiger partial charge in [0.15, 0.2) is 0 Å². The summed E-state index contributed by atoms with van der Waals surface area (Å²) in [4.78, 5) is 37.3. The third-order valence-electron chi connectivity index (χ3n) is 3.25. The summed E-state index contributed by atoms with van der Waals surface area (Å²) in [6.45, 7) is 0.731. The first-order chi connectivity index (χ1) is 10.0. The molecule has 0 radical (unpaired) electrons. The average Bonchev–Trinajstić information content (AvgIpc) is 2.48. The molecule has 1 aromatic carbocycles. The van der Waals surface area contributed by atoms with Crippen LogP contribution < -0.4 is 5.32 Å². The molecule has 1 atom stereocenters. The number of benzene rings is 1. The maximum Gasteiger partial charge on any atom is 0.308 e. The smallest absolute Gasteiger partial charge is 0.308 e. The predicted octanol–water partition coefficient (Wildman–Crippen LogP) is 0.953. The maximum atomic E-state index is 12.6. The largest absolute Gasteiger partial charge is 0.469 e. The van der Waals surface area contributed by atoms with E-state index >= 15 is 0 Å². The second kappa shape index (κ2) is 6.71. The first-order valence-corrected chi connectivity index (χ1v) is 7.23. The van der Waals surface area contributed by atoms with Gasteiger partial charge in [-0.25, -0.2) is 0 Å². The van der Waals surface area contributed by atoms with Gasteiger partial charge in [0.1, 0.15) is 6.04 Å². The highest BCUT2D eigenvalue weighted by atomic mass is 79.9. The number of hydrogen-bond donors (Lipinski definition) is 1. The molecule has 0 spiro atoms.